The zero-order valence-corrected chi connectivity index (χ0v) is 45.6. The van der Waals surface area contributed by atoms with Gasteiger partial charge in [-0.1, -0.05) is 246 Å². The smallest absolute Gasteiger partial charge is 0.462 e. The number of allylic oxidation sites excluding steroid dienone is 16. The van der Waals surface area contributed by atoms with E-state index in [1.165, 1.54) is 109 Å². The summed E-state index contributed by atoms with van der Waals surface area (Å²) in [7, 11) is -4.40. The summed E-state index contributed by atoms with van der Waals surface area (Å²) < 4.78 is 33.0. The Labute approximate surface area is 429 Å². The van der Waals surface area contributed by atoms with Gasteiger partial charge in [-0.15, -0.1) is 0 Å². The first-order valence-electron chi connectivity index (χ1n) is 28.2. The first-order chi connectivity index (χ1) is 34.3. The lowest BCUT2D eigenvalue weighted by atomic mass is 10.0. The Bertz CT molecular complexity index is 1460. The van der Waals surface area contributed by atoms with Crippen molar-refractivity contribution in [1.82, 2.24) is 0 Å². The van der Waals surface area contributed by atoms with Gasteiger partial charge in [0.05, 0.1) is 13.2 Å². The fraction of sp³-hybridized carbons (Fsp3) is 0.700. The summed E-state index contributed by atoms with van der Waals surface area (Å²) in [4.78, 5) is 35.1. The Balaban J connectivity index is 4.09. The van der Waals surface area contributed by atoms with E-state index in [0.29, 0.717) is 6.42 Å². The fourth-order valence-corrected chi connectivity index (χ4v) is 8.36. The molecule has 70 heavy (non-hydrogen) atoms. The van der Waals surface area contributed by atoms with Crippen molar-refractivity contribution >= 4 is 19.8 Å². The molecule has 0 aliphatic carbocycles. The van der Waals surface area contributed by atoms with E-state index in [9.17, 15) is 19.0 Å². The summed E-state index contributed by atoms with van der Waals surface area (Å²) in [6.45, 7) is 3.61. The second-order valence-corrected chi connectivity index (χ2v) is 19.9. The van der Waals surface area contributed by atoms with Crippen LogP contribution in [0, 0.1) is 0 Å². The normalized spacial score (nSPS) is 13.8. The number of esters is 2. The minimum absolute atomic E-state index is 0.0450. The van der Waals surface area contributed by atoms with Gasteiger partial charge in [-0.05, 0) is 77.0 Å². The Morgan fingerprint density at radius 3 is 1.17 bits per heavy atom. The highest BCUT2D eigenvalue weighted by atomic mass is 31.2. The van der Waals surface area contributed by atoms with E-state index in [1.807, 2.05) is 0 Å². The van der Waals surface area contributed by atoms with Crippen LogP contribution in [0.15, 0.2) is 97.2 Å². The molecule has 0 saturated heterocycles. The van der Waals surface area contributed by atoms with Gasteiger partial charge in [0.1, 0.15) is 6.61 Å². The molecular weight excluding hydrogens is 894 g/mol. The number of hydrogen-bond donors (Lipinski definition) is 2. The van der Waals surface area contributed by atoms with Gasteiger partial charge in [0.15, 0.2) is 6.10 Å². The predicted octanol–water partition coefficient (Wildman–Crippen LogP) is 17.7. The van der Waals surface area contributed by atoms with Crippen LogP contribution in [-0.2, 0) is 32.7 Å². The number of phosphoric ester groups is 1. The standard InChI is InChI=1S/C60H104NO8P/c1-3-5-7-9-11-13-15-17-19-21-23-25-26-27-28-29-30-31-32-33-35-37-39-41-43-45-47-49-51-53-60(63)69-58(57-68-70(64,65)67-55-54-61)56-66-59(62)52-50-48-46-44-42-40-38-36-34-24-22-20-18-16-14-12-10-8-6-4-2/h5,7,11,13,17,19,23,25,27-28,30-31,33,35,39,41,58H,3-4,6,8-10,12,14-16,18,20-22,24,26,29,32,34,36-38,40,42-57,61H2,1-2H3,(H,64,65)/b7-5-,13-11-,19-17-,25-23-,28-27-,31-30-,35-33-,41-39-. The van der Waals surface area contributed by atoms with Crippen molar-refractivity contribution in [2.24, 2.45) is 5.73 Å². The molecule has 0 aliphatic heterocycles. The predicted molar refractivity (Wildman–Crippen MR) is 298 cm³/mol. The Morgan fingerprint density at radius 2 is 0.786 bits per heavy atom. The number of carbonyl (C=O) groups is 2. The lowest BCUT2D eigenvalue weighted by Gasteiger charge is -2.19. The van der Waals surface area contributed by atoms with Crippen molar-refractivity contribution in [3.05, 3.63) is 97.2 Å². The molecule has 0 aromatic carbocycles. The topological polar surface area (TPSA) is 134 Å². The molecule has 3 N–H and O–H groups in total. The molecule has 10 heteroatoms. The first-order valence-corrected chi connectivity index (χ1v) is 29.7. The molecule has 9 nitrogen and oxygen atoms in total. The number of unbranched alkanes of at least 4 members (excludes halogenated alkanes) is 23. The van der Waals surface area contributed by atoms with E-state index in [2.05, 4.69) is 111 Å². The summed E-state index contributed by atoms with van der Waals surface area (Å²) in [6, 6.07) is 0. The van der Waals surface area contributed by atoms with Crippen LogP contribution >= 0.6 is 7.82 Å². The highest BCUT2D eigenvalue weighted by molar-refractivity contribution is 7.47. The maximum absolute atomic E-state index is 12.7. The van der Waals surface area contributed by atoms with E-state index < -0.39 is 26.5 Å². The molecule has 0 spiro atoms. The second kappa shape index (κ2) is 55.2. The third-order valence-corrected chi connectivity index (χ3v) is 12.7. The Morgan fingerprint density at radius 1 is 0.443 bits per heavy atom. The van der Waals surface area contributed by atoms with Crippen molar-refractivity contribution in [1.29, 1.82) is 0 Å². The number of rotatable bonds is 52. The monoisotopic (exact) mass is 998 g/mol. The van der Waals surface area contributed by atoms with Gasteiger partial charge < -0.3 is 20.1 Å². The maximum atomic E-state index is 12.7. The number of nitrogens with two attached hydrogens (primary N) is 1. The quantitative estimate of drug-likeness (QED) is 0.0264. The van der Waals surface area contributed by atoms with E-state index in [4.69, 9.17) is 24.3 Å². The minimum atomic E-state index is -4.40. The molecule has 0 heterocycles. The molecule has 2 atom stereocenters. The summed E-state index contributed by atoms with van der Waals surface area (Å²) in [5.74, 6) is -0.855. The third-order valence-electron chi connectivity index (χ3n) is 11.7. The molecule has 0 aliphatic rings. The van der Waals surface area contributed by atoms with Crippen molar-refractivity contribution < 1.29 is 37.6 Å². The van der Waals surface area contributed by atoms with Crippen LogP contribution in [0.4, 0.5) is 0 Å². The molecule has 0 radical (unpaired) electrons. The average Bonchev–Trinajstić information content (AvgIpc) is 3.35. The molecule has 0 rings (SSSR count). The van der Waals surface area contributed by atoms with Crippen LogP contribution in [-0.4, -0.2) is 49.3 Å². The van der Waals surface area contributed by atoms with Crippen LogP contribution in [0.5, 0.6) is 0 Å². The van der Waals surface area contributed by atoms with Crippen LogP contribution in [0.1, 0.15) is 239 Å². The zero-order chi connectivity index (χ0) is 51.0. The van der Waals surface area contributed by atoms with Gasteiger partial charge in [0.25, 0.3) is 0 Å². The molecule has 0 fully saturated rings. The van der Waals surface area contributed by atoms with Crippen LogP contribution < -0.4 is 5.73 Å². The van der Waals surface area contributed by atoms with Gasteiger partial charge in [0, 0.05) is 19.4 Å². The molecule has 2 unspecified atom stereocenters. The minimum Gasteiger partial charge on any atom is -0.462 e. The van der Waals surface area contributed by atoms with Gasteiger partial charge in [-0.25, -0.2) is 4.57 Å². The van der Waals surface area contributed by atoms with Gasteiger partial charge in [0.2, 0.25) is 0 Å². The van der Waals surface area contributed by atoms with E-state index >= 15 is 0 Å². The van der Waals surface area contributed by atoms with Gasteiger partial charge >= 0.3 is 19.8 Å². The maximum Gasteiger partial charge on any atom is 0.472 e. The van der Waals surface area contributed by atoms with Gasteiger partial charge in [-0.3, -0.25) is 18.6 Å². The van der Waals surface area contributed by atoms with Crippen molar-refractivity contribution in [3.8, 4) is 0 Å². The van der Waals surface area contributed by atoms with Crippen LogP contribution in [0.2, 0.25) is 0 Å². The van der Waals surface area contributed by atoms with Crippen molar-refractivity contribution in [2.45, 2.75) is 245 Å². The summed E-state index contributed by atoms with van der Waals surface area (Å²) in [6.07, 6.45) is 73.1. The third kappa shape index (κ3) is 54.3. The molecule has 0 saturated carbocycles. The molecule has 0 amide bonds. The highest BCUT2D eigenvalue weighted by Gasteiger charge is 2.26. The van der Waals surface area contributed by atoms with E-state index in [-0.39, 0.29) is 38.6 Å². The lowest BCUT2D eigenvalue weighted by molar-refractivity contribution is -0.161. The van der Waals surface area contributed by atoms with E-state index in [1.54, 1.807) is 0 Å². The van der Waals surface area contributed by atoms with Crippen molar-refractivity contribution in [2.75, 3.05) is 26.4 Å². The van der Waals surface area contributed by atoms with Crippen LogP contribution in [0.25, 0.3) is 0 Å². The molecular formula is C60H104NO8P. The number of carbonyl (C=O) groups excluding carboxylic acids is 2. The summed E-state index contributed by atoms with van der Waals surface area (Å²) >= 11 is 0. The largest absolute Gasteiger partial charge is 0.472 e. The van der Waals surface area contributed by atoms with Crippen molar-refractivity contribution in [3.63, 3.8) is 0 Å². The lowest BCUT2D eigenvalue weighted by Crippen LogP contribution is -2.29. The second-order valence-electron chi connectivity index (χ2n) is 18.4. The average molecular weight is 998 g/mol. The zero-order valence-electron chi connectivity index (χ0n) is 44.7. The van der Waals surface area contributed by atoms with Crippen LogP contribution in [0.3, 0.4) is 0 Å². The SMILES string of the molecule is CC/C=C\C/C=C\C/C=C\C/C=C\C/C=C\C/C=C\C/C=C\C/C=C\CCCCCCC(=O)OC(COC(=O)CCCCCCCCCCCCCCCCCCCCCC)COP(=O)(O)OCCN. The number of hydrogen-bond acceptors (Lipinski definition) is 8. The fourth-order valence-electron chi connectivity index (χ4n) is 7.59. The molecule has 0 aromatic rings. The Kier molecular flexibility index (Phi) is 52.8. The first kappa shape index (κ1) is 66.9. The highest BCUT2D eigenvalue weighted by Crippen LogP contribution is 2.43. The molecule has 0 bridgehead atoms. The molecule has 0 aromatic heterocycles. The van der Waals surface area contributed by atoms with Gasteiger partial charge in [-0.2, -0.15) is 0 Å². The van der Waals surface area contributed by atoms with E-state index in [0.717, 1.165) is 96.3 Å². The molecule has 402 valence electrons. The summed E-state index contributed by atoms with van der Waals surface area (Å²) in [5, 5.41) is 0. The number of phosphoric acid groups is 1. The number of ether oxygens (including phenoxy) is 2. The Hall–Kier alpha value is -3.07. The summed E-state index contributed by atoms with van der Waals surface area (Å²) in [5.41, 5.74) is 5.38.